The van der Waals surface area contributed by atoms with Crippen LogP contribution in [0.1, 0.15) is 16.2 Å². The van der Waals surface area contributed by atoms with Crippen molar-refractivity contribution < 1.29 is 13.6 Å². The second kappa shape index (κ2) is 5.72. The Kier molecular flexibility index (Phi) is 3.60. The summed E-state index contributed by atoms with van der Waals surface area (Å²) in [4.78, 5) is 13.6. The van der Waals surface area contributed by atoms with Gasteiger partial charge in [-0.1, -0.05) is 0 Å². The molecule has 0 aromatic carbocycles. The maximum atomic E-state index is 13.1. The zero-order chi connectivity index (χ0) is 18.5. The lowest BCUT2D eigenvalue weighted by atomic mass is 10.1. The molecular weight excluding hydrogens is 342 g/mol. The van der Waals surface area contributed by atoms with Crippen molar-refractivity contribution in [1.29, 1.82) is 0 Å². The van der Waals surface area contributed by atoms with Gasteiger partial charge in [0, 0.05) is 25.0 Å². The highest BCUT2D eigenvalue weighted by molar-refractivity contribution is 5.94. The van der Waals surface area contributed by atoms with Crippen molar-refractivity contribution in [1.82, 2.24) is 29.4 Å². The second-order valence-corrected chi connectivity index (χ2v) is 6.44. The van der Waals surface area contributed by atoms with Crippen LogP contribution in [0.15, 0.2) is 36.7 Å². The Balaban J connectivity index is 1.75. The van der Waals surface area contributed by atoms with Gasteiger partial charge in [0.1, 0.15) is 0 Å². The first kappa shape index (κ1) is 16.4. The molecule has 0 unspecified atom stereocenters. The predicted molar refractivity (Wildman–Crippen MR) is 89.1 cm³/mol. The van der Waals surface area contributed by atoms with Crippen molar-refractivity contribution in [3.8, 4) is 17.1 Å². The second-order valence-electron chi connectivity index (χ2n) is 6.44. The normalized spacial score (nSPS) is 15.8. The first-order chi connectivity index (χ1) is 12.3. The topological polar surface area (TPSA) is 68.8 Å². The van der Waals surface area contributed by atoms with Crippen LogP contribution < -0.4 is 0 Å². The SMILES string of the molecule is Cc1ccc(-n2nc(C(=O)N3CC(F)(F)C3)cc2-c2ccn(C)c2)nn1. The molecule has 26 heavy (non-hydrogen) atoms. The average molecular weight is 358 g/mol. The van der Waals surface area contributed by atoms with Gasteiger partial charge in [-0.3, -0.25) is 4.79 Å². The Morgan fingerprint density at radius 2 is 1.96 bits per heavy atom. The Morgan fingerprint density at radius 1 is 1.19 bits per heavy atom. The molecule has 1 aliphatic rings. The largest absolute Gasteiger partial charge is 0.357 e. The molecule has 0 radical (unpaired) electrons. The summed E-state index contributed by atoms with van der Waals surface area (Å²) in [7, 11) is 1.88. The highest BCUT2D eigenvalue weighted by Gasteiger charge is 2.47. The van der Waals surface area contributed by atoms with Gasteiger partial charge >= 0.3 is 0 Å². The van der Waals surface area contributed by atoms with Crippen LogP contribution >= 0.6 is 0 Å². The van der Waals surface area contributed by atoms with E-state index in [2.05, 4.69) is 15.3 Å². The highest BCUT2D eigenvalue weighted by Crippen LogP contribution is 2.29. The lowest BCUT2D eigenvalue weighted by Crippen LogP contribution is -2.58. The van der Waals surface area contributed by atoms with E-state index in [1.165, 1.54) is 4.68 Å². The summed E-state index contributed by atoms with van der Waals surface area (Å²) in [6.07, 6.45) is 3.74. The molecule has 4 rings (SSSR count). The third-order valence-electron chi connectivity index (χ3n) is 4.19. The molecule has 0 bridgehead atoms. The number of aromatic nitrogens is 5. The van der Waals surface area contributed by atoms with Gasteiger partial charge in [0.25, 0.3) is 11.8 Å². The molecule has 4 heterocycles. The number of amides is 1. The first-order valence-corrected chi connectivity index (χ1v) is 8.03. The molecular formula is C17H16F2N6O. The van der Waals surface area contributed by atoms with Crippen molar-refractivity contribution in [2.24, 2.45) is 7.05 Å². The molecule has 1 saturated heterocycles. The summed E-state index contributed by atoms with van der Waals surface area (Å²) in [6, 6.07) is 7.00. The van der Waals surface area contributed by atoms with Crippen molar-refractivity contribution in [2.75, 3.05) is 13.1 Å². The van der Waals surface area contributed by atoms with Gasteiger partial charge in [0.2, 0.25) is 0 Å². The standard InChI is InChI=1S/C17H16F2N6O/c1-11-3-4-15(21-20-11)25-14(12-5-6-23(2)8-12)7-13(22-25)16(26)24-9-17(18,19)10-24/h3-8H,9-10H2,1-2H3. The maximum Gasteiger partial charge on any atom is 0.282 e. The van der Waals surface area contributed by atoms with Crippen molar-refractivity contribution in [3.63, 3.8) is 0 Å². The Labute approximate surface area is 147 Å². The minimum absolute atomic E-state index is 0.0988. The Bertz CT molecular complexity index is 968. The predicted octanol–water partition coefficient (Wildman–Crippen LogP) is 2.07. The molecule has 0 atom stereocenters. The van der Waals surface area contributed by atoms with Gasteiger partial charge in [0.15, 0.2) is 11.5 Å². The highest BCUT2D eigenvalue weighted by atomic mass is 19.3. The van der Waals surface area contributed by atoms with Crippen molar-refractivity contribution >= 4 is 5.91 Å². The number of rotatable bonds is 3. The van der Waals surface area contributed by atoms with Gasteiger partial charge < -0.3 is 9.47 Å². The van der Waals surface area contributed by atoms with E-state index >= 15 is 0 Å². The first-order valence-electron chi connectivity index (χ1n) is 8.03. The molecule has 3 aromatic heterocycles. The number of carbonyl (C=O) groups excluding carboxylic acids is 1. The minimum atomic E-state index is -2.82. The summed E-state index contributed by atoms with van der Waals surface area (Å²) in [6.45, 7) is 0.657. The number of nitrogens with zero attached hydrogens (tertiary/aromatic N) is 6. The summed E-state index contributed by atoms with van der Waals surface area (Å²) >= 11 is 0. The van der Waals surface area contributed by atoms with Gasteiger partial charge in [-0.05, 0) is 31.2 Å². The molecule has 3 aromatic rings. The van der Waals surface area contributed by atoms with Gasteiger partial charge in [-0.2, -0.15) is 10.2 Å². The summed E-state index contributed by atoms with van der Waals surface area (Å²) < 4.78 is 29.5. The fraction of sp³-hybridized carbons (Fsp3) is 0.294. The van der Waals surface area contributed by atoms with Crippen molar-refractivity contribution in [3.05, 3.63) is 48.0 Å². The van der Waals surface area contributed by atoms with E-state index in [0.29, 0.717) is 11.5 Å². The number of hydrogen-bond acceptors (Lipinski definition) is 4. The van der Waals surface area contributed by atoms with Crippen LogP contribution in [0.25, 0.3) is 17.1 Å². The van der Waals surface area contributed by atoms with E-state index in [1.54, 1.807) is 18.2 Å². The molecule has 0 aliphatic carbocycles. The molecule has 1 fully saturated rings. The van der Waals surface area contributed by atoms with E-state index in [4.69, 9.17) is 0 Å². The van der Waals surface area contributed by atoms with E-state index in [0.717, 1.165) is 16.2 Å². The molecule has 7 nitrogen and oxygen atoms in total. The van der Waals surface area contributed by atoms with Crippen molar-refractivity contribution in [2.45, 2.75) is 12.8 Å². The molecule has 134 valence electrons. The van der Waals surface area contributed by atoms with E-state index in [9.17, 15) is 13.6 Å². The summed E-state index contributed by atoms with van der Waals surface area (Å²) in [5.74, 6) is -2.89. The molecule has 9 heteroatoms. The maximum absolute atomic E-state index is 13.1. The number of halogens is 2. The van der Waals surface area contributed by atoms with Crippen LogP contribution in [0.3, 0.4) is 0 Å². The lowest BCUT2D eigenvalue weighted by molar-refractivity contribution is -0.113. The van der Waals surface area contributed by atoms with Gasteiger partial charge in [-0.15, -0.1) is 5.10 Å². The van der Waals surface area contributed by atoms with Gasteiger partial charge in [0.05, 0.1) is 24.5 Å². The molecule has 1 amide bonds. The fourth-order valence-electron chi connectivity index (χ4n) is 2.84. The summed E-state index contributed by atoms with van der Waals surface area (Å²) in [5.41, 5.74) is 2.32. The van der Waals surface area contributed by atoms with E-state index in [1.807, 2.05) is 37.0 Å². The molecule has 0 N–H and O–H groups in total. The third kappa shape index (κ3) is 2.85. The van der Waals surface area contributed by atoms with Crippen LogP contribution in [0.4, 0.5) is 8.78 Å². The number of alkyl halides is 2. The monoisotopic (exact) mass is 358 g/mol. The average Bonchev–Trinajstić information content (AvgIpc) is 3.19. The van der Waals surface area contributed by atoms with Crippen LogP contribution in [-0.2, 0) is 7.05 Å². The summed E-state index contributed by atoms with van der Waals surface area (Å²) in [5, 5.41) is 12.5. The number of hydrogen-bond donors (Lipinski definition) is 0. The number of likely N-dealkylation sites (tertiary alicyclic amines) is 1. The zero-order valence-electron chi connectivity index (χ0n) is 14.2. The molecule has 0 spiro atoms. The number of aryl methyl sites for hydroxylation is 2. The minimum Gasteiger partial charge on any atom is -0.357 e. The van der Waals surface area contributed by atoms with E-state index < -0.39 is 24.9 Å². The Morgan fingerprint density at radius 3 is 2.54 bits per heavy atom. The van der Waals surface area contributed by atoms with Crippen LogP contribution in [-0.4, -0.2) is 54.4 Å². The quantitative estimate of drug-likeness (QED) is 0.719. The van der Waals surface area contributed by atoms with Gasteiger partial charge in [-0.25, -0.2) is 13.5 Å². The fourth-order valence-corrected chi connectivity index (χ4v) is 2.84. The molecule has 0 saturated carbocycles. The lowest BCUT2D eigenvalue weighted by Gasteiger charge is -2.38. The zero-order valence-corrected chi connectivity index (χ0v) is 14.2. The van der Waals surface area contributed by atoms with Crippen LogP contribution in [0, 0.1) is 6.92 Å². The smallest absolute Gasteiger partial charge is 0.282 e. The van der Waals surface area contributed by atoms with Crippen LogP contribution in [0.5, 0.6) is 0 Å². The Hall–Kier alpha value is -3.10. The third-order valence-corrected chi connectivity index (χ3v) is 4.19. The molecule has 1 aliphatic heterocycles. The number of carbonyl (C=O) groups is 1. The van der Waals surface area contributed by atoms with E-state index in [-0.39, 0.29) is 5.69 Å². The van der Waals surface area contributed by atoms with Crippen LogP contribution in [0.2, 0.25) is 0 Å².